The lowest BCUT2D eigenvalue weighted by molar-refractivity contribution is -0.106. The molecule has 2 heterocycles. The molecule has 1 saturated heterocycles. The van der Waals surface area contributed by atoms with Gasteiger partial charge in [-0.1, -0.05) is 0 Å². The van der Waals surface area contributed by atoms with Gasteiger partial charge in [0.1, 0.15) is 5.76 Å². The number of furan rings is 1. The second kappa shape index (κ2) is 6.39. The van der Waals surface area contributed by atoms with E-state index in [4.69, 9.17) is 19.7 Å². The molecule has 1 aliphatic heterocycles. The van der Waals surface area contributed by atoms with Crippen LogP contribution in [0.25, 0.3) is 0 Å². The number of nitrogen functional groups attached to an aromatic ring is 1. The zero-order chi connectivity index (χ0) is 14.7. The van der Waals surface area contributed by atoms with E-state index in [1.807, 2.05) is 5.43 Å². The molecule has 2 atom stereocenters. The number of hydrazine groups is 1. The number of carbonyl (C=O) groups excluding carboxylic acids is 1. The molecule has 20 heavy (non-hydrogen) atoms. The summed E-state index contributed by atoms with van der Waals surface area (Å²) in [7, 11) is 0. The van der Waals surface area contributed by atoms with Crippen LogP contribution in [-0.2, 0) is 16.1 Å². The van der Waals surface area contributed by atoms with E-state index in [0.717, 1.165) is 18.4 Å². The first-order valence-corrected chi connectivity index (χ1v) is 6.87. The van der Waals surface area contributed by atoms with E-state index >= 15 is 0 Å². The summed E-state index contributed by atoms with van der Waals surface area (Å²) in [4.78, 5) is 11.4. The zero-order valence-electron chi connectivity index (χ0n) is 12.1. The molecule has 6 nitrogen and oxygen atoms in total. The van der Waals surface area contributed by atoms with Crippen molar-refractivity contribution in [1.29, 1.82) is 0 Å². The molecule has 1 aliphatic rings. The fraction of sp³-hybridized carbons (Fsp3) is 0.643. The predicted molar refractivity (Wildman–Crippen MR) is 72.9 cm³/mol. The van der Waals surface area contributed by atoms with Gasteiger partial charge in [0.25, 0.3) is 0 Å². The molecule has 6 heteroatoms. The Morgan fingerprint density at radius 1 is 1.45 bits per heavy atom. The summed E-state index contributed by atoms with van der Waals surface area (Å²) in [5, 5.41) is 0. The van der Waals surface area contributed by atoms with Crippen molar-refractivity contribution in [1.82, 2.24) is 5.43 Å². The van der Waals surface area contributed by atoms with Crippen molar-refractivity contribution < 1.29 is 18.7 Å². The highest BCUT2D eigenvalue weighted by molar-refractivity contribution is 5.91. The molecule has 2 unspecified atom stereocenters. The fourth-order valence-corrected chi connectivity index (χ4v) is 2.53. The van der Waals surface area contributed by atoms with Crippen molar-refractivity contribution in [2.75, 3.05) is 0 Å². The lowest BCUT2D eigenvalue weighted by Gasteiger charge is -2.31. The lowest BCUT2D eigenvalue weighted by atomic mass is 10.0. The van der Waals surface area contributed by atoms with Crippen molar-refractivity contribution >= 4 is 5.91 Å². The Morgan fingerprint density at radius 2 is 2.10 bits per heavy atom. The maximum absolute atomic E-state index is 11.4. The second-order valence-corrected chi connectivity index (χ2v) is 5.33. The molecule has 0 aromatic carbocycles. The molecule has 2 rings (SSSR count). The molecule has 1 aromatic heterocycles. The number of carbonyl (C=O) groups is 1. The van der Waals surface area contributed by atoms with Crippen molar-refractivity contribution in [3.63, 3.8) is 0 Å². The number of hydrogen-bond donors (Lipinski definition) is 2. The fourth-order valence-electron chi connectivity index (χ4n) is 2.53. The minimum absolute atomic E-state index is 0.176. The summed E-state index contributed by atoms with van der Waals surface area (Å²) in [5.41, 5.74) is 2.92. The largest absolute Gasteiger partial charge is 0.456 e. The number of nitrogens with one attached hydrogen (secondary N) is 1. The van der Waals surface area contributed by atoms with Crippen molar-refractivity contribution in [3.05, 3.63) is 23.2 Å². The summed E-state index contributed by atoms with van der Waals surface area (Å²) in [6.07, 6.45) is 2.38. The van der Waals surface area contributed by atoms with Gasteiger partial charge in [-0.2, -0.15) is 0 Å². The van der Waals surface area contributed by atoms with Crippen LogP contribution in [0, 0.1) is 6.92 Å². The van der Waals surface area contributed by atoms with Crippen LogP contribution >= 0.6 is 0 Å². The van der Waals surface area contributed by atoms with Crippen molar-refractivity contribution in [2.45, 2.75) is 58.5 Å². The number of amides is 1. The Hall–Kier alpha value is -1.37. The van der Waals surface area contributed by atoms with Gasteiger partial charge < -0.3 is 13.9 Å². The molecule has 3 N–H and O–H groups in total. The molecular formula is C14H22N2O4. The second-order valence-electron chi connectivity index (χ2n) is 5.33. The SMILES string of the molecule is Cc1oc(C(=O)NN)cc1COC1CC(C)OC(C)C1. The first-order valence-electron chi connectivity index (χ1n) is 6.87. The van der Waals surface area contributed by atoms with E-state index in [0.29, 0.717) is 12.4 Å². The molecule has 112 valence electrons. The molecule has 1 amide bonds. The summed E-state index contributed by atoms with van der Waals surface area (Å²) >= 11 is 0. The maximum Gasteiger partial charge on any atom is 0.300 e. The highest BCUT2D eigenvalue weighted by atomic mass is 16.5. The van der Waals surface area contributed by atoms with Crippen LogP contribution in [0.15, 0.2) is 10.5 Å². The minimum atomic E-state index is -0.437. The molecule has 0 aliphatic carbocycles. The van der Waals surface area contributed by atoms with Crippen LogP contribution in [0.4, 0.5) is 0 Å². The van der Waals surface area contributed by atoms with E-state index in [2.05, 4.69) is 13.8 Å². The predicted octanol–water partition coefficient (Wildman–Crippen LogP) is 1.66. The van der Waals surface area contributed by atoms with Crippen LogP contribution in [0.3, 0.4) is 0 Å². The van der Waals surface area contributed by atoms with Crippen molar-refractivity contribution in [3.8, 4) is 0 Å². The number of rotatable bonds is 4. The summed E-state index contributed by atoms with van der Waals surface area (Å²) in [6, 6.07) is 1.67. The van der Waals surface area contributed by atoms with Crippen molar-refractivity contribution in [2.24, 2.45) is 5.84 Å². The van der Waals surface area contributed by atoms with Gasteiger partial charge in [-0.05, 0) is 39.7 Å². The Balaban J connectivity index is 1.93. The average molecular weight is 282 g/mol. The number of hydrogen-bond acceptors (Lipinski definition) is 5. The van der Waals surface area contributed by atoms with Gasteiger partial charge in [-0.3, -0.25) is 10.2 Å². The van der Waals surface area contributed by atoms with E-state index in [-0.39, 0.29) is 24.1 Å². The monoisotopic (exact) mass is 282 g/mol. The standard InChI is InChI=1S/C14H22N2O4/c1-8-4-12(5-9(2)19-8)18-7-11-6-13(14(17)16-15)20-10(11)3/h6,8-9,12H,4-5,7,15H2,1-3H3,(H,16,17). The Labute approximate surface area is 118 Å². The molecule has 0 radical (unpaired) electrons. The zero-order valence-corrected chi connectivity index (χ0v) is 12.1. The first-order chi connectivity index (χ1) is 9.49. The smallest absolute Gasteiger partial charge is 0.300 e. The van der Waals surface area contributed by atoms with Gasteiger partial charge in [0.2, 0.25) is 0 Å². The first kappa shape index (κ1) is 15.0. The molecule has 0 saturated carbocycles. The Kier molecular flexibility index (Phi) is 4.80. The third-order valence-corrected chi connectivity index (χ3v) is 3.50. The van der Waals surface area contributed by atoms with Gasteiger partial charge in [0.05, 0.1) is 24.9 Å². The molecule has 0 spiro atoms. The van der Waals surface area contributed by atoms with Crippen LogP contribution in [-0.4, -0.2) is 24.2 Å². The normalized spacial score (nSPS) is 26.5. The Morgan fingerprint density at radius 3 is 2.70 bits per heavy atom. The van der Waals surface area contributed by atoms with Crippen LogP contribution in [0.2, 0.25) is 0 Å². The minimum Gasteiger partial charge on any atom is -0.456 e. The maximum atomic E-state index is 11.4. The number of aryl methyl sites for hydroxylation is 1. The Bertz CT molecular complexity index is 462. The molecular weight excluding hydrogens is 260 g/mol. The van der Waals surface area contributed by atoms with Gasteiger partial charge in [0, 0.05) is 5.56 Å². The van der Waals surface area contributed by atoms with E-state index in [1.54, 1.807) is 13.0 Å². The summed E-state index contributed by atoms with van der Waals surface area (Å²) in [5.74, 6) is 5.53. The van der Waals surface area contributed by atoms with Crippen LogP contribution in [0.5, 0.6) is 0 Å². The third-order valence-electron chi connectivity index (χ3n) is 3.50. The van der Waals surface area contributed by atoms with Gasteiger partial charge in [0.15, 0.2) is 5.76 Å². The molecule has 0 bridgehead atoms. The highest BCUT2D eigenvalue weighted by Crippen LogP contribution is 2.24. The third kappa shape index (κ3) is 3.59. The van der Waals surface area contributed by atoms with Gasteiger partial charge in [-0.15, -0.1) is 0 Å². The molecule has 1 fully saturated rings. The highest BCUT2D eigenvalue weighted by Gasteiger charge is 2.25. The lowest BCUT2D eigenvalue weighted by Crippen LogP contribution is -2.34. The molecule has 1 aromatic rings. The van der Waals surface area contributed by atoms with Gasteiger partial charge >= 0.3 is 5.91 Å². The average Bonchev–Trinajstić information content (AvgIpc) is 2.76. The number of ether oxygens (including phenoxy) is 2. The topological polar surface area (TPSA) is 86.7 Å². The van der Waals surface area contributed by atoms with Crippen LogP contribution < -0.4 is 11.3 Å². The summed E-state index contributed by atoms with van der Waals surface area (Å²) in [6.45, 7) is 6.34. The van der Waals surface area contributed by atoms with Crippen LogP contribution in [0.1, 0.15) is 48.6 Å². The van der Waals surface area contributed by atoms with E-state index in [9.17, 15) is 4.79 Å². The van der Waals surface area contributed by atoms with E-state index < -0.39 is 5.91 Å². The summed E-state index contributed by atoms with van der Waals surface area (Å²) < 4.78 is 16.9. The van der Waals surface area contributed by atoms with Gasteiger partial charge in [-0.25, -0.2) is 5.84 Å². The van der Waals surface area contributed by atoms with E-state index in [1.165, 1.54) is 0 Å². The number of nitrogens with two attached hydrogens (primary N) is 1. The quantitative estimate of drug-likeness (QED) is 0.498.